The van der Waals surface area contributed by atoms with E-state index >= 15 is 0 Å². The second kappa shape index (κ2) is 7.36. The van der Waals surface area contributed by atoms with Gasteiger partial charge in [-0.2, -0.15) is 5.10 Å². The van der Waals surface area contributed by atoms with Gasteiger partial charge >= 0.3 is 0 Å². The first kappa shape index (κ1) is 17.9. The minimum absolute atomic E-state index is 0.340. The molecule has 9 heteroatoms. The standard InChI is InChI=1S/C21H17FN8/c1-14-23-8-9-29(14)19-7-6-15(10-24-19)11-25-20-16-12-28-30(21(16)27-13-26-20)18-5-3-2-4-17(18)22/h2-10,12-13H,11H2,1H3,(H,25,26,27). The number of pyridine rings is 1. The molecule has 0 amide bonds. The van der Waals surface area contributed by atoms with Crippen LogP contribution in [0.25, 0.3) is 22.5 Å². The van der Waals surface area contributed by atoms with Gasteiger partial charge in [0.1, 0.15) is 35.3 Å². The van der Waals surface area contributed by atoms with Crippen LogP contribution >= 0.6 is 0 Å². The number of aromatic nitrogens is 7. The molecule has 0 unspecified atom stereocenters. The van der Waals surface area contributed by atoms with Gasteiger partial charge in [0.05, 0.1) is 11.6 Å². The Hall–Kier alpha value is -4.14. The summed E-state index contributed by atoms with van der Waals surface area (Å²) in [5.41, 5.74) is 1.86. The molecule has 0 saturated carbocycles. The van der Waals surface area contributed by atoms with Crippen LogP contribution in [-0.2, 0) is 6.54 Å². The van der Waals surface area contributed by atoms with Crippen molar-refractivity contribution in [1.82, 2.24) is 34.3 Å². The molecule has 148 valence electrons. The second-order valence-corrected chi connectivity index (χ2v) is 6.69. The van der Waals surface area contributed by atoms with Crippen LogP contribution in [0, 0.1) is 12.7 Å². The van der Waals surface area contributed by atoms with Crippen LogP contribution in [0.2, 0.25) is 0 Å². The van der Waals surface area contributed by atoms with Crippen molar-refractivity contribution in [3.8, 4) is 11.5 Å². The molecule has 5 rings (SSSR count). The molecule has 0 saturated heterocycles. The number of benzene rings is 1. The van der Waals surface area contributed by atoms with Crippen LogP contribution in [-0.4, -0.2) is 34.3 Å². The second-order valence-electron chi connectivity index (χ2n) is 6.69. The highest BCUT2D eigenvalue weighted by Crippen LogP contribution is 2.23. The average molecular weight is 400 g/mol. The molecule has 30 heavy (non-hydrogen) atoms. The topological polar surface area (TPSA) is 86.3 Å². The van der Waals surface area contributed by atoms with Gasteiger partial charge in [-0.05, 0) is 30.7 Å². The highest BCUT2D eigenvalue weighted by Gasteiger charge is 2.13. The monoisotopic (exact) mass is 400 g/mol. The third-order valence-corrected chi connectivity index (χ3v) is 4.79. The Morgan fingerprint density at radius 3 is 2.67 bits per heavy atom. The first-order valence-electron chi connectivity index (χ1n) is 9.33. The van der Waals surface area contributed by atoms with Gasteiger partial charge in [-0.25, -0.2) is 29.0 Å². The summed E-state index contributed by atoms with van der Waals surface area (Å²) in [7, 11) is 0. The summed E-state index contributed by atoms with van der Waals surface area (Å²) < 4.78 is 17.6. The van der Waals surface area contributed by atoms with Crippen molar-refractivity contribution >= 4 is 16.9 Å². The fraction of sp³-hybridized carbons (Fsp3) is 0.0952. The van der Waals surface area contributed by atoms with Crippen molar-refractivity contribution in [2.24, 2.45) is 0 Å². The van der Waals surface area contributed by atoms with E-state index in [9.17, 15) is 4.39 Å². The zero-order valence-electron chi connectivity index (χ0n) is 16.1. The number of hydrogen-bond acceptors (Lipinski definition) is 6. The molecule has 8 nitrogen and oxygen atoms in total. The predicted molar refractivity (Wildman–Crippen MR) is 110 cm³/mol. The molecule has 0 aliphatic heterocycles. The van der Waals surface area contributed by atoms with Crippen molar-refractivity contribution < 1.29 is 4.39 Å². The first-order valence-corrected chi connectivity index (χ1v) is 9.33. The van der Waals surface area contributed by atoms with Crippen molar-refractivity contribution in [1.29, 1.82) is 0 Å². The summed E-state index contributed by atoms with van der Waals surface area (Å²) >= 11 is 0. The van der Waals surface area contributed by atoms with Crippen LogP contribution in [0.5, 0.6) is 0 Å². The van der Waals surface area contributed by atoms with E-state index in [1.807, 2.05) is 36.0 Å². The van der Waals surface area contributed by atoms with E-state index in [4.69, 9.17) is 0 Å². The number of para-hydroxylation sites is 1. The van der Waals surface area contributed by atoms with Crippen LogP contribution in [0.15, 0.2) is 67.5 Å². The zero-order valence-corrected chi connectivity index (χ0v) is 16.1. The summed E-state index contributed by atoms with van der Waals surface area (Å²) in [6, 6.07) is 10.4. The van der Waals surface area contributed by atoms with E-state index in [0.717, 1.165) is 17.2 Å². The lowest BCUT2D eigenvalue weighted by molar-refractivity contribution is 0.612. The van der Waals surface area contributed by atoms with E-state index in [-0.39, 0.29) is 5.82 Å². The maximum atomic E-state index is 14.2. The Morgan fingerprint density at radius 1 is 1.00 bits per heavy atom. The van der Waals surface area contributed by atoms with E-state index in [0.29, 0.717) is 29.1 Å². The number of rotatable bonds is 5. The van der Waals surface area contributed by atoms with E-state index in [1.54, 1.807) is 30.6 Å². The first-order chi connectivity index (χ1) is 14.7. The van der Waals surface area contributed by atoms with E-state index < -0.39 is 0 Å². The molecule has 0 radical (unpaired) electrons. The quantitative estimate of drug-likeness (QED) is 0.486. The van der Waals surface area contributed by atoms with Gasteiger partial charge in [0.15, 0.2) is 5.65 Å². The maximum Gasteiger partial charge on any atom is 0.168 e. The van der Waals surface area contributed by atoms with Crippen LogP contribution in [0.3, 0.4) is 0 Å². The molecule has 5 aromatic rings. The van der Waals surface area contributed by atoms with Gasteiger partial charge in [-0.1, -0.05) is 18.2 Å². The third-order valence-electron chi connectivity index (χ3n) is 4.79. The molecule has 1 N–H and O–H groups in total. The van der Waals surface area contributed by atoms with Crippen molar-refractivity contribution in [3.05, 3.63) is 84.7 Å². The number of nitrogens with one attached hydrogen (secondary N) is 1. The Labute approximate surface area is 171 Å². The fourth-order valence-corrected chi connectivity index (χ4v) is 3.25. The van der Waals surface area contributed by atoms with Gasteiger partial charge in [0.25, 0.3) is 0 Å². The largest absolute Gasteiger partial charge is 0.365 e. The minimum atomic E-state index is -0.366. The molecule has 0 fully saturated rings. The van der Waals surface area contributed by atoms with Crippen molar-refractivity contribution in [2.45, 2.75) is 13.5 Å². The van der Waals surface area contributed by atoms with Gasteiger partial charge in [0.2, 0.25) is 0 Å². The zero-order chi connectivity index (χ0) is 20.5. The SMILES string of the molecule is Cc1nccn1-c1ccc(CNc2ncnc3c2cnn3-c2ccccc2F)cn1. The summed E-state index contributed by atoms with van der Waals surface area (Å²) in [4.78, 5) is 17.3. The fourth-order valence-electron chi connectivity index (χ4n) is 3.25. The smallest absolute Gasteiger partial charge is 0.168 e. The lowest BCUT2D eigenvalue weighted by atomic mass is 10.2. The molecule has 1 aromatic carbocycles. The number of imidazole rings is 1. The highest BCUT2D eigenvalue weighted by atomic mass is 19.1. The van der Waals surface area contributed by atoms with Crippen LogP contribution in [0.1, 0.15) is 11.4 Å². The molecule has 4 heterocycles. The molecule has 0 aliphatic carbocycles. The molecule has 0 spiro atoms. The number of hydrogen-bond donors (Lipinski definition) is 1. The summed E-state index contributed by atoms with van der Waals surface area (Å²) in [5, 5.41) is 8.30. The van der Waals surface area contributed by atoms with E-state index in [2.05, 4.69) is 30.4 Å². The molecule has 0 aliphatic rings. The Kier molecular flexibility index (Phi) is 4.40. The molecular formula is C21H17FN8. The molecule has 4 aromatic heterocycles. The van der Waals surface area contributed by atoms with Gasteiger partial charge in [-0.15, -0.1) is 0 Å². The summed E-state index contributed by atoms with van der Waals surface area (Å²) in [6.45, 7) is 2.45. The average Bonchev–Trinajstić information content (AvgIpc) is 3.39. The molecular weight excluding hydrogens is 383 g/mol. The summed E-state index contributed by atoms with van der Waals surface area (Å²) in [5.74, 6) is 1.94. The molecule has 0 atom stereocenters. The lowest BCUT2D eigenvalue weighted by Gasteiger charge is -2.08. The Balaban J connectivity index is 1.39. The Morgan fingerprint density at radius 2 is 1.90 bits per heavy atom. The number of nitrogens with zero attached hydrogens (tertiary/aromatic N) is 7. The number of anilines is 1. The van der Waals surface area contributed by atoms with E-state index in [1.165, 1.54) is 17.1 Å². The number of aryl methyl sites for hydroxylation is 1. The summed E-state index contributed by atoms with van der Waals surface area (Å²) in [6.07, 6.45) is 8.50. The van der Waals surface area contributed by atoms with Crippen LogP contribution < -0.4 is 5.32 Å². The van der Waals surface area contributed by atoms with Gasteiger partial charge < -0.3 is 5.32 Å². The number of halogens is 1. The van der Waals surface area contributed by atoms with Gasteiger partial charge in [0, 0.05) is 25.1 Å². The third kappa shape index (κ3) is 3.16. The maximum absolute atomic E-state index is 14.2. The molecule has 0 bridgehead atoms. The lowest BCUT2D eigenvalue weighted by Crippen LogP contribution is -2.05. The Bertz CT molecular complexity index is 1320. The normalized spacial score (nSPS) is 11.1. The number of fused-ring (bicyclic) bond motifs is 1. The highest BCUT2D eigenvalue weighted by molar-refractivity contribution is 5.87. The van der Waals surface area contributed by atoms with Gasteiger partial charge in [-0.3, -0.25) is 4.57 Å². The minimum Gasteiger partial charge on any atom is -0.365 e. The van der Waals surface area contributed by atoms with Crippen molar-refractivity contribution in [2.75, 3.05) is 5.32 Å². The van der Waals surface area contributed by atoms with Crippen molar-refractivity contribution in [3.63, 3.8) is 0 Å². The predicted octanol–water partition coefficient (Wildman–Crippen LogP) is 3.46. The van der Waals surface area contributed by atoms with Crippen LogP contribution in [0.4, 0.5) is 10.2 Å².